The second-order valence-corrected chi connectivity index (χ2v) is 17.4. The molecular weight excluding hydrogens is 725 g/mol. The number of esters is 1. The number of unbranched alkanes of at least 4 members (excludes halogenated alkanes) is 17. The van der Waals surface area contributed by atoms with Gasteiger partial charge in [-0.25, -0.2) is 0 Å². The van der Waals surface area contributed by atoms with Crippen LogP contribution >= 0.6 is 7.82 Å². The third-order valence-electron chi connectivity index (χ3n) is 9.27. The van der Waals surface area contributed by atoms with E-state index < -0.39 is 13.9 Å². The zero-order valence-corrected chi connectivity index (χ0v) is 37.3. The maximum atomic E-state index is 12.5. The highest BCUT2D eigenvalue weighted by molar-refractivity contribution is 7.45. The molecule has 3 atom stereocenters. The van der Waals surface area contributed by atoms with Crippen molar-refractivity contribution in [2.75, 3.05) is 47.5 Å². The summed E-state index contributed by atoms with van der Waals surface area (Å²) in [5.74, 6) is -0.364. The van der Waals surface area contributed by atoms with Gasteiger partial charge in [0.15, 0.2) is 6.10 Å². The highest BCUT2D eigenvalue weighted by Gasteiger charge is 2.19. The number of nitrogens with zero attached hydrogens (tertiary/aromatic N) is 1. The summed E-state index contributed by atoms with van der Waals surface area (Å²) >= 11 is 0. The first-order chi connectivity index (χ1) is 27.0. The number of hydrogen-bond acceptors (Lipinski definition) is 8. The summed E-state index contributed by atoms with van der Waals surface area (Å²) in [4.78, 5) is 24.8. The number of ether oxygens (including phenoxy) is 2. The first-order valence-electron chi connectivity index (χ1n) is 22.2. The Balaban J connectivity index is 4.42. The van der Waals surface area contributed by atoms with E-state index >= 15 is 0 Å². The van der Waals surface area contributed by atoms with Gasteiger partial charge in [-0.1, -0.05) is 165 Å². The van der Waals surface area contributed by atoms with Crippen molar-refractivity contribution in [2.45, 2.75) is 180 Å². The normalized spacial score (nSPS) is 14.8. The van der Waals surface area contributed by atoms with Crippen molar-refractivity contribution >= 4 is 13.8 Å². The fraction of sp³-hybridized carbons (Fsp3) is 0.761. The van der Waals surface area contributed by atoms with Crippen molar-refractivity contribution in [3.05, 3.63) is 60.9 Å². The zero-order valence-electron chi connectivity index (χ0n) is 36.4. The number of aliphatic hydroxyl groups excluding tert-OH is 1. The third kappa shape index (κ3) is 41.6. The standard InChI is InChI=1S/C46H84NO8P/c1-6-8-10-11-12-13-14-15-16-17-18-22-25-28-31-35-40-52-45(43-55-56(50,51)54-41-39-47(3,4)5)42-53-46(49)38-34-30-27-24-21-19-20-23-26-29-33-37-44(48)36-32-9-7-2/h19-20,24,26-27,29,33,35,37,40,44-45,48H,6-18,21-23,25,28,30-32,34,36,38-39,41-43H2,1-5H3/b20-19-,27-24-,29-26-,37-33+,40-35+/t44-,45-/m1/s1. The number of hydrogen-bond donors (Lipinski definition) is 1. The van der Waals surface area contributed by atoms with Gasteiger partial charge in [0.05, 0.1) is 40.1 Å². The Morgan fingerprint density at radius 1 is 0.679 bits per heavy atom. The number of carbonyl (C=O) groups is 1. The fourth-order valence-electron chi connectivity index (χ4n) is 5.69. The lowest BCUT2D eigenvalue weighted by Gasteiger charge is -2.28. The van der Waals surface area contributed by atoms with Gasteiger partial charge in [-0.05, 0) is 51.0 Å². The first-order valence-corrected chi connectivity index (χ1v) is 23.6. The number of phosphoric acid groups is 1. The summed E-state index contributed by atoms with van der Waals surface area (Å²) in [6.45, 7) is 4.50. The van der Waals surface area contributed by atoms with Gasteiger partial charge in [-0.15, -0.1) is 0 Å². The summed E-state index contributed by atoms with van der Waals surface area (Å²) in [5, 5.41) is 9.90. The van der Waals surface area contributed by atoms with Crippen LogP contribution in [-0.4, -0.2) is 75.3 Å². The van der Waals surface area contributed by atoms with Crippen LogP contribution < -0.4 is 4.89 Å². The molecule has 0 rings (SSSR count). The lowest BCUT2D eigenvalue weighted by molar-refractivity contribution is -0.870. The minimum atomic E-state index is -4.54. The maximum Gasteiger partial charge on any atom is 0.305 e. The minimum Gasteiger partial charge on any atom is -0.756 e. The molecule has 0 saturated carbocycles. The average molecular weight is 810 g/mol. The van der Waals surface area contributed by atoms with Crippen LogP contribution in [0.3, 0.4) is 0 Å². The van der Waals surface area contributed by atoms with E-state index in [0.717, 1.165) is 57.8 Å². The molecule has 326 valence electrons. The second-order valence-electron chi connectivity index (χ2n) is 16.0. The molecule has 0 aliphatic carbocycles. The van der Waals surface area contributed by atoms with E-state index in [1.165, 1.54) is 83.5 Å². The summed E-state index contributed by atoms with van der Waals surface area (Å²) in [5.41, 5.74) is 0. The number of rotatable bonds is 40. The van der Waals surface area contributed by atoms with Crippen LogP contribution in [0.15, 0.2) is 60.9 Å². The maximum absolute atomic E-state index is 12.5. The van der Waals surface area contributed by atoms with Gasteiger partial charge < -0.3 is 33.0 Å². The van der Waals surface area contributed by atoms with Gasteiger partial charge in [-0.2, -0.15) is 0 Å². The van der Waals surface area contributed by atoms with Gasteiger partial charge in [0.25, 0.3) is 7.82 Å². The van der Waals surface area contributed by atoms with Crippen LogP contribution in [0.1, 0.15) is 168 Å². The molecule has 10 heteroatoms. The lowest BCUT2D eigenvalue weighted by atomic mass is 10.0. The highest BCUT2D eigenvalue weighted by atomic mass is 31.2. The Hall–Kier alpha value is -2.00. The Morgan fingerprint density at radius 3 is 1.86 bits per heavy atom. The molecule has 0 aliphatic rings. The van der Waals surface area contributed by atoms with Crippen molar-refractivity contribution in [3.63, 3.8) is 0 Å². The number of aliphatic hydroxyl groups is 1. The molecule has 0 radical (unpaired) electrons. The largest absolute Gasteiger partial charge is 0.756 e. The molecule has 0 aromatic rings. The van der Waals surface area contributed by atoms with Crippen molar-refractivity contribution in [3.8, 4) is 0 Å². The molecular formula is C46H84NO8P. The summed E-state index contributed by atoms with van der Waals surface area (Å²) in [6, 6.07) is 0. The second kappa shape index (κ2) is 38.5. The zero-order chi connectivity index (χ0) is 41.4. The molecule has 0 aliphatic heterocycles. The summed E-state index contributed by atoms with van der Waals surface area (Å²) in [6.07, 6.45) is 45.2. The molecule has 56 heavy (non-hydrogen) atoms. The molecule has 0 aromatic heterocycles. The number of likely N-dealkylation sites (N-methyl/N-ethyl adjacent to an activating group) is 1. The monoisotopic (exact) mass is 810 g/mol. The van der Waals surface area contributed by atoms with E-state index in [2.05, 4.69) is 44.2 Å². The van der Waals surface area contributed by atoms with Gasteiger partial charge in [-0.3, -0.25) is 9.36 Å². The van der Waals surface area contributed by atoms with Crippen LogP contribution in [0, 0.1) is 0 Å². The first kappa shape index (κ1) is 54.0. The smallest absolute Gasteiger partial charge is 0.305 e. The Bertz CT molecular complexity index is 1100. The molecule has 0 saturated heterocycles. The number of phosphoric ester groups is 1. The molecule has 0 bridgehead atoms. The number of allylic oxidation sites excluding steroid dienone is 8. The van der Waals surface area contributed by atoms with Crippen LogP contribution in [0.2, 0.25) is 0 Å². The van der Waals surface area contributed by atoms with Crippen molar-refractivity contribution in [2.24, 2.45) is 0 Å². The van der Waals surface area contributed by atoms with Crippen molar-refractivity contribution in [1.82, 2.24) is 0 Å². The highest BCUT2D eigenvalue weighted by Crippen LogP contribution is 2.38. The van der Waals surface area contributed by atoms with Gasteiger partial charge >= 0.3 is 5.97 Å². The molecule has 0 amide bonds. The van der Waals surface area contributed by atoms with Gasteiger partial charge in [0.1, 0.15) is 19.8 Å². The molecule has 9 nitrogen and oxygen atoms in total. The molecule has 1 unspecified atom stereocenters. The molecule has 0 heterocycles. The molecule has 0 spiro atoms. The van der Waals surface area contributed by atoms with E-state index in [1.54, 1.807) is 6.26 Å². The van der Waals surface area contributed by atoms with Crippen LogP contribution in [-0.2, 0) is 27.9 Å². The van der Waals surface area contributed by atoms with Crippen LogP contribution in [0.5, 0.6) is 0 Å². The fourth-order valence-corrected chi connectivity index (χ4v) is 6.42. The molecule has 0 fully saturated rings. The lowest BCUT2D eigenvalue weighted by Crippen LogP contribution is -2.37. The SMILES string of the molecule is CCCCCCCCCCCCCCCC/C=C/O[C@H](COC(=O)CCC/C=C\C/C=C\C/C=C\C=C\[C@H](O)CCCCC)COP(=O)([O-])OCC[N+](C)(C)C. The van der Waals surface area contributed by atoms with Gasteiger partial charge in [0, 0.05) is 6.42 Å². The van der Waals surface area contributed by atoms with E-state index in [0.29, 0.717) is 17.4 Å². The number of quaternary nitrogens is 1. The Kier molecular flexibility index (Phi) is 37.1. The van der Waals surface area contributed by atoms with Crippen LogP contribution in [0.25, 0.3) is 0 Å². The van der Waals surface area contributed by atoms with Crippen molar-refractivity contribution in [1.29, 1.82) is 0 Å². The van der Waals surface area contributed by atoms with E-state index in [9.17, 15) is 19.4 Å². The predicted molar refractivity (Wildman–Crippen MR) is 232 cm³/mol. The van der Waals surface area contributed by atoms with Gasteiger partial charge in [0.2, 0.25) is 0 Å². The van der Waals surface area contributed by atoms with E-state index in [4.69, 9.17) is 18.5 Å². The third-order valence-corrected chi connectivity index (χ3v) is 10.2. The predicted octanol–water partition coefficient (Wildman–Crippen LogP) is 11.6. The quantitative estimate of drug-likeness (QED) is 0.0124. The van der Waals surface area contributed by atoms with E-state index in [-0.39, 0.29) is 38.3 Å². The summed E-state index contributed by atoms with van der Waals surface area (Å²) < 4.78 is 34.3. The topological polar surface area (TPSA) is 114 Å². The molecule has 1 N–H and O–H groups in total. The minimum absolute atomic E-state index is 0.00950. The average Bonchev–Trinajstić information content (AvgIpc) is 3.15. The Morgan fingerprint density at radius 2 is 1.23 bits per heavy atom. The summed E-state index contributed by atoms with van der Waals surface area (Å²) in [7, 11) is 1.30. The molecule has 0 aromatic carbocycles. The Labute approximate surface area is 343 Å². The van der Waals surface area contributed by atoms with Crippen molar-refractivity contribution < 1.29 is 42.4 Å². The number of carbonyl (C=O) groups excluding carboxylic acids is 1. The van der Waals surface area contributed by atoms with Crippen LogP contribution in [0.4, 0.5) is 0 Å². The van der Waals surface area contributed by atoms with E-state index in [1.807, 2.05) is 45.4 Å².